The lowest BCUT2D eigenvalue weighted by Crippen LogP contribution is -2.53. The number of para-hydroxylation sites is 1. The second-order valence-electron chi connectivity index (χ2n) is 9.78. The second-order valence-corrected chi connectivity index (χ2v) is 11.8. The molecule has 2 aromatic carbocycles. The highest BCUT2D eigenvalue weighted by Gasteiger charge is 2.34. The van der Waals surface area contributed by atoms with Crippen LogP contribution >= 0.6 is 0 Å². The number of hydrogen-bond donors (Lipinski definition) is 1. The van der Waals surface area contributed by atoms with Crippen LogP contribution in [0.15, 0.2) is 48.5 Å². The molecule has 10 heteroatoms. The van der Waals surface area contributed by atoms with Crippen molar-refractivity contribution in [3.8, 4) is 0 Å². The van der Waals surface area contributed by atoms with Crippen molar-refractivity contribution in [1.82, 2.24) is 14.5 Å². The molecule has 1 aliphatic carbocycles. The molecule has 0 radical (unpaired) electrons. The van der Waals surface area contributed by atoms with Crippen molar-refractivity contribution in [2.24, 2.45) is 0 Å². The lowest BCUT2D eigenvalue weighted by atomic mass is 9.95. The number of hydrogen-bond acceptors (Lipinski definition) is 4. The fourth-order valence-corrected chi connectivity index (χ4v) is 5.58. The average molecular weight is 533 g/mol. The van der Waals surface area contributed by atoms with Crippen LogP contribution in [0, 0.1) is 12.7 Å². The zero-order chi connectivity index (χ0) is 27.2. The Morgan fingerprint density at radius 1 is 1.05 bits per heavy atom. The number of halogens is 1. The normalized spacial score (nSPS) is 15.3. The summed E-state index contributed by atoms with van der Waals surface area (Å²) in [5.74, 6) is -1.67. The van der Waals surface area contributed by atoms with Crippen LogP contribution in [-0.4, -0.2) is 62.2 Å². The predicted octanol–water partition coefficient (Wildman–Crippen LogP) is 3.61. The van der Waals surface area contributed by atoms with Gasteiger partial charge in [0, 0.05) is 26.7 Å². The molecule has 2 aromatic rings. The minimum atomic E-state index is -4.21. The van der Waals surface area contributed by atoms with Gasteiger partial charge in [0.1, 0.15) is 18.4 Å². The van der Waals surface area contributed by atoms with E-state index in [4.69, 9.17) is 0 Å². The minimum Gasteiger partial charge on any atom is -0.352 e. The monoisotopic (exact) mass is 532 g/mol. The Morgan fingerprint density at radius 3 is 2.35 bits per heavy atom. The summed E-state index contributed by atoms with van der Waals surface area (Å²) < 4.78 is 42.7. The van der Waals surface area contributed by atoms with Gasteiger partial charge in [-0.1, -0.05) is 61.2 Å². The maximum Gasteiger partial charge on any atom is 0.304 e. The highest BCUT2D eigenvalue weighted by atomic mass is 32.2. The standard InChI is InChI=1S/C27H37FN4O4S/c1-20-11-10-12-22(17-20)18-31(21(2)27(34)29-23-13-6-5-7-14-23)26(33)19-32(37(35,36)30(3)4)25-16-9-8-15-24(25)28/h8-12,15-17,21,23H,5-7,13-14,18-19H2,1-4H3,(H,29,34)/t21-/m1/s1. The maximum absolute atomic E-state index is 14.7. The highest BCUT2D eigenvalue weighted by Crippen LogP contribution is 2.24. The number of anilines is 1. The molecule has 1 atom stereocenters. The molecule has 0 aromatic heterocycles. The van der Waals surface area contributed by atoms with E-state index >= 15 is 0 Å². The van der Waals surface area contributed by atoms with E-state index in [0.717, 1.165) is 57.9 Å². The average Bonchev–Trinajstić information content (AvgIpc) is 2.86. The van der Waals surface area contributed by atoms with Gasteiger partial charge in [-0.25, -0.2) is 8.70 Å². The smallest absolute Gasteiger partial charge is 0.304 e. The summed E-state index contributed by atoms with van der Waals surface area (Å²) in [5, 5.41) is 3.06. The number of nitrogens with one attached hydrogen (secondary N) is 1. The van der Waals surface area contributed by atoms with Crippen LogP contribution in [0.4, 0.5) is 10.1 Å². The summed E-state index contributed by atoms with van der Waals surface area (Å²) in [6.45, 7) is 3.01. The van der Waals surface area contributed by atoms with Gasteiger partial charge in [0.15, 0.2) is 0 Å². The van der Waals surface area contributed by atoms with Gasteiger partial charge in [-0.05, 0) is 44.4 Å². The summed E-state index contributed by atoms with van der Waals surface area (Å²) in [6.07, 6.45) is 5.03. The van der Waals surface area contributed by atoms with Gasteiger partial charge < -0.3 is 10.2 Å². The molecular weight excluding hydrogens is 495 g/mol. The van der Waals surface area contributed by atoms with Crippen molar-refractivity contribution < 1.29 is 22.4 Å². The zero-order valence-electron chi connectivity index (χ0n) is 22.0. The van der Waals surface area contributed by atoms with E-state index in [9.17, 15) is 22.4 Å². The van der Waals surface area contributed by atoms with E-state index in [1.807, 2.05) is 31.2 Å². The Labute approximate surface area is 219 Å². The number of carbonyl (C=O) groups is 2. The predicted molar refractivity (Wildman–Crippen MR) is 143 cm³/mol. The third-order valence-electron chi connectivity index (χ3n) is 6.69. The van der Waals surface area contributed by atoms with Crippen LogP contribution in [0.5, 0.6) is 0 Å². The summed E-state index contributed by atoms with van der Waals surface area (Å²) in [4.78, 5) is 28.3. The summed E-state index contributed by atoms with van der Waals surface area (Å²) in [6, 6.07) is 12.2. The van der Waals surface area contributed by atoms with E-state index in [1.165, 1.54) is 37.2 Å². The van der Waals surface area contributed by atoms with E-state index in [1.54, 1.807) is 6.92 Å². The quantitative estimate of drug-likeness (QED) is 0.506. The van der Waals surface area contributed by atoms with Crippen LogP contribution in [0.2, 0.25) is 0 Å². The Hall–Kier alpha value is -2.98. The first kappa shape index (κ1) is 28.6. The van der Waals surface area contributed by atoms with Crippen molar-refractivity contribution in [2.75, 3.05) is 24.9 Å². The van der Waals surface area contributed by atoms with Gasteiger partial charge in [0.25, 0.3) is 0 Å². The van der Waals surface area contributed by atoms with Crippen molar-refractivity contribution in [3.05, 3.63) is 65.5 Å². The fraction of sp³-hybridized carbons (Fsp3) is 0.481. The minimum absolute atomic E-state index is 0.0589. The van der Waals surface area contributed by atoms with Crippen LogP contribution in [-0.2, 0) is 26.3 Å². The van der Waals surface area contributed by atoms with Crippen LogP contribution < -0.4 is 9.62 Å². The number of amides is 2. The Balaban J connectivity index is 1.93. The summed E-state index contributed by atoms with van der Waals surface area (Å²) in [7, 11) is -1.58. The molecular formula is C27H37FN4O4S. The molecule has 8 nitrogen and oxygen atoms in total. The van der Waals surface area contributed by atoms with Gasteiger partial charge in [-0.3, -0.25) is 9.59 Å². The Kier molecular flexibility index (Phi) is 9.67. The zero-order valence-corrected chi connectivity index (χ0v) is 22.8. The van der Waals surface area contributed by atoms with Crippen molar-refractivity contribution in [2.45, 2.75) is 64.6 Å². The molecule has 0 unspecified atom stereocenters. The molecule has 2 amide bonds. The summed E-state index contributed by atoms with van der Waals surface area (Å²) >= 11 is 0. The van der Waals surface area contributed by atoms with E-state index in [-0.39, 0.29) is 24.2 Å². The largest absolute Gasteiger partial charge is 0.352 e. The molecule has 0 spiro atoms. The SMILES string of the molecule is Cc1cccc(CN(C(=O)CN(c2ccccc2F)S(=O)(=O)N(C)C)[C@H](C)C(=O)NC2CCCCC2)c1. The first-order valence-electron chi connectivity index (χ1n) is 12.6. The van der Waals surface area contributed by atoms with Crippen molar-refractivity contribution >= 4 is 27.7 Å². The first-order valence-corrected chi connectivity index (χ1v) is 14.0. The molecule has 202 valence electrons. The first-order chi connectivity index (χ1) is 17.5. The topological polar surface area (TPSA) is 90.0 Å². The summed E-state index contributed by atoms with van der Waals surface area (Å²) in [5.41, 5.74) is 1.56. The van der Waals surface area contributed by atoms with E-state index in [0.29, 0.717) is 0 Å². The number of aryl methyl sites for hydroxylation is 1. The molecule has 0 aliphatic heterocycles. The number of rotatable bonds is 10. The van der Waals surface area contributed by atoms with Crippen molar-refractivity contribution in [3.63, 3.8) is 0 Å². The van der Waals surface area contributed by atoms with E-state index < -0.39 is 34.5 Å². The van der Waals surface area contributed by atoms with E-state index in [2.05, 4.69) is 5.32 Å². The van der Waals surface area contributed by atoms with Gasteiger partial charge >= 0.3 is 10.2 Å². The molecule has 0 heterocycles. The molecule has 1 saturated carbocycles. The third kappa shape index (κ3) is 7.29. The maximum atomic E-state index is 14.7. The van der Waals surface area contributed by atoms with Crippen LogP contribution in [0.3, 0.4) is 0 Å². The number of carbonyl (C=O) groups excluding carboxylic acids is 2. The number of nitrogens with zero attached hydrogens (tertiary/aromatic N) is 3. The lowest BCUT2D eigenvalue weighted by Gasteiger charge is -2.34. The molecule has 0 bridgehead atoms. The molecule has 1 aliphatic rings. The molecule has 1 N–H and O–H groups in total. The Morgan fingerprint density at radius 2 is 1.73 bits per heavy atom. The van der Waals surface area contributed by atoms with Gasteiger partial charge in [0.05, 0.1) is 5.69 Å². The van der Waals surface area contributed by atoms with Crippen LogP contribution in [0.1, 0.15) is 50.2 Å². The second kappa shape index (κ2) is 12.5. The van der Waals surface area contributed by atoms with Crippen molar-refractivity contribution in [1.29, 1.82) is 0 Å². The number of benzene rings is 2. The van der Waals surface area contributed by atoms with Crippen LogP contribution in [0.25, 0.3) is 0 Å². The molecule has 0 saturated heterocycles. The molecule has 1 fully saturated rings. The van der Waals surface area contributed by atoms with Gasteiger partial charge in [-0.15, -0.1) is 0 Å². The Bertz CT molecular complexity index is 1200. The third-order valence-corrected chi connectivity index (χ3v) is 8.50. The fourth-order valence-electron chi connectivity index (χ4n) is 4.51. The lowest BCUT2D eigenvalue weighted by molar-refractivity contribution is -0.139. The highest BCUT2D eigenvalue weighted by molar-refractivity contribution is 7.90. The molecule has 37 heavy (non-hydrogen) atoms. The van der Waals surface area contributed by atoms with Gasteiger partial charge in [-0.2, -0.15) is 12.7 Å². The molecule has 3 rings (SSSR count). The van der Waals surface area contributed by atoms with Gasteiger partial charge in [0.2, 0.25) is 11.8 Å².